The molecule has 0 aromatic carbocycles. The number of ether oxygens (including phenoxy) is 1. The van der Waals surface area contributed by atoms with Crippen molar-refractivity contribution >= 4 is 28.8 Å². The summed E-state index contributed by atoms with van der Waals surface area (Å²) in [7, 11) is 0. The van der Waals surface area contributed by atoms with E-state index in [1.54, 1.807) is 6.07 Å². The van der Waals surface area contributed by atoms with Crippen molar-refractivity contribution in [3.63, 3.8) is 0 Å². The van der Waals surface area contributed by atoms with Crippen LogP contribution in [0.4, 0.5) is 13.2 Å². The second-order valence-electron chi connectivity index (χ2n) is 5.45. The van der Waals surface area contributed by atoms with E-state index in [0.717, 1.165) is 9.78 Å². The van der Waals surface area contributed by atoms with Crippen LogP contribution in [0.25, 0.3) is 0 Å². The van der Waals surface area contributed by atoms with Gasteiger partial charge in [-0.05, 0) is 18.9 Å². The largest absolute Gasteiger partial charge is 0.471 e. The molecule has 3 rings (SSSR count). The maximum atomic E-state index is 12.5. The van der Waals surface area contributed by atoms with Gasteiger partial charge in [-0.2, -0.15) is 13.2 Å². The van der Waals surface area contributed by atoms with Gasteiger partial charge in [-0.3, -0.25) is 4.79 Å². The Kier molecular flexibility index (Phi) is 3.91. The fourth-order valence-corrected chi connectivity index (χ4v) is 4.48. The molecule has 3 heterocycles. The maximum Gasteiger partial charge on any atom is 0.471 e. The zero-order chi connectivity index (χ0) is 16.1. The average molecular weight is 356 g/mol. The molecule has 122 valence electrons. The summed E-state index contributed by atoms with van der Waals surface area (Å²) in [4.78, 5) is 12.9. The number of hydrogen-bond donors (Lipinski definition) is 1. The van der Waals surface area contributed by atoms with Crippen molar-refractivity contribution < 1.29 is 27.8 Å². The lowest BCUT2D eigenvalue weighted by Crippen LogP contribution is -2.51. The Morgan fingerprint density at radius 1 is 1.45 bits per heavy atom. The first-order chi connectivity index (χ1) is 10.2. The van der Waals surface area contributed by atoms with E-state index in [1.165, 1.54) is 11.3 Å². The van der Waals surface area contributed by atoms with Gasteiger partial charge in [0.05, 0.1) is 10.9 Å². The molecule has 1 aromatic heterocycles. The number of rotatable bonds is 0. The second kappa shape index (κ2) is 5.36. The molecule has 1 N–H and O–H groups in total. The molecule has 2 aliphatic rings. The average Bonchev–Trinajstić information content (AvgIpc) is 2.86. The monoisotopic (exact) mass is 355 g/mol. The topological polar surface area (TPSA) is 49.8 Å². The van der Waals surface area contributed by atoms with E-state index in [-0.39, 0.29) is 32.5 Å². The van der Waals surface area contributed by atoms with E-state index >= 15 is 0 Å². The molecule has 1 aromatic rings. The molecule has 2 aliphatic heterocycles. The molecule has 4 nitrogen and oxygen atoms in total. The second-order valence-corrected chi connectivity index (χ2v) is 7.13. The van der Waals surface area contributed by atoms with Crippen LogP contribution in [0.5, 0.6) is 0 Å². The van der Waals surface area contributed by atoms with Gasteiger partial charge in [-0.25, -0.2) is 0 Å². The van der Waals surface area contributed by atoms with Crippen molar-refractivity contribution in [1.82, 2.24) is 4.90 Å². The summed E-state index contributed by atoms with van der Waals surface area (Å²) in [6.45, 7) is 0.0000741. The van der Waals surface area contributed by atoms with Crippen LogP contribution in [0, 0.1) is 0 Å². The zero-order valence-electron chi connectivity index (χ0n) is 11.3. The van der Waals surface area contributed by atoms with E-state index in [2.05, 4.69) is 0 Å². The third kappa shape index (κ3) is 2.62. The molecule has 1 spiro atoms. The predicted octanol–water partition coefficient (Wildman–Crippen LogP) is 2.85. The number of amides is 1. The van der Waals surface area contributed by atoms with Crippen molar-refractivity contribution in [2.24, 2.45) is 0 Å². The molecule has 9 heteroatoms. The summed E-state index contributed by atoms with van der Waals surface area (Å²) in [6.07, 6.45) is -5.12. The molecule has 1 amide bonds. The minimum absolute atomic E-state index is 0.0383. The third-order valence-electron chi connectivity index (χ3n) is 4.12. The lowest BCUT2D eigenvalue weighted by Gasteiger charge is -2.44. The Labute approximate surface area is 133 Å². The summed E-state index contributed by atoms with van der Waals surface area (Å²) < 4.78 is 43.7. The summed E-state index contributed by atoms with van der Waals surface area (Å²) in [5.41, 5.74) is -0.0776. The van der Waals surface area contributed by atoms with E-state index in [4.69, 9.17) is 16.3 Å². The van der Waals surface area contributed by atoms with Gasteiger partial charge in [0, 0.05) is 23.5 Å². The van der Waals surface area contributed by atoms with E-state index in [1.807, 2.05) is 0 Å². The van der Waals surface area contributed by atoms with Crippen LogP contribution in [0.3, 0.4) is 0 Å². The van der Waals surface area contributed by atoms with Crippen molar-refractivity contribution in [2.45, 2.75) is 30.7 Å². The Hall–Kier alpha value is -0.830. The molecule has 0 radical (unpaired) electrons. The lowest BCUT2D eigenvalue weighted by atomic mass is 9.84. The lowest BCUT2D eigenvalue weighted by molar-refractivity contribution is -0.192. The molecule has 0 bridgehead atoms. The fourth-order valence-electron chi connectivity index (χ4n) is 2.99. The van der Waals surface area contributed by atoms with Crippen LogP contribution in [0.15, 0.2) is 6.07 Å². The Bertz CT molecular complexity index is 596. The summed E-state index contributed by atoms with van der Waals surface area (Å²) in [5.74, 6) is -1.82. The van der Waals surface area contributed by atoms with Crippen molar-refractivity contribution in [3.05, 3.63) is 20.8 Å². The summed E-state index contributed by atoms with van der Waals surface area (Å²) >= 11 is 7.27. The van der Waals surface area contributed by atoms with E-state index in [9.17, 15) is 23.1 Å². The first-order valence-corrected chi connectivity index (χ1v) is 7.90. The third-order valence-corrected chi connectivity index (χ3v) is 5.59. The number of fused-ring (bicyclic) bond motifs is 2. The molecule has 1 saturated heterocycles. The number of likely N-dealkylation sites (tertiary alicyclic amines) is 1. The Morgan fingerprint density at radius 3 is 2.68 bits per heavy atom. The van der Waals surface area contributed by atoms with E-state index < -0.39 is 23.8 Å². The highest BCUT2D eigenvalue weighted by molar-refractivity contribution is 7.16. The van der Waals surface area contributed by atoms with Crippen molar-refractivity contribution in [1.29, 1.82) is 0 Å². The number of alkyl halides is 3. The first kappa shape index (κ1) is 16.0. The van der Waals surface area contributed by atoms with Crippen LogP contribution in [-0.4, -0.2) is 41.8 Å². The number of nitrogens with zero attached hydrogens (tertiary/aromatic N) is 1. The number of carbonyl (C=O) groups is 1. The van der Waals surface area contributed by atoms with E-state index in [0.29, 0.717) is 9.90 Å². The molecule has 1 unspecified atom stereocenters. The van der Waals surface area contributed by atoms with Crippen LogP contribution in [-0.2, 0) is 15.1 Å². The van der Waals surface area contributed by atoms with Gasteiger partial charge < -0.3 is 14.7 Å². The van der Waals surface area contributed by atoms with Crippen molar-refractivity contribution in [2.75, 3.05) is 19.7 Å². The van der Waals surface area contributed by atoms with Crippen molar-refractivity contribution in [3.8, 4) is 0 Å². The van der Waals surface area contributed by atoms with Crippen LogP contribution in [0.1, 0.15) is 29.4 Å². The molecule has 1 atom stereocenters. The van der Waals surface area contributed by atoms with Gasteiger partial charge in [0.15, 0.2) is 0 Å². The first-order valence-electron chi connectivity index (χ1n) is 6.71. The molecular weight excluding hydrogens is 343 g/mol. The SMILES string of the molecule is O=C(N1CCC2(CC1)OCC(O)c1cc(Cl)sc12)C(F)(F)F. The summed E-state index contributed by atoms with van der Waals surface area (Å²) in [6, 6.07) is 1.67. The number of thiophene rings is 1. The normalized spacial score (nSPS) is 24.4. The van der Waals surface area contributed by atoms with Crippen LogP contribution in [0.2, 0.25) is 4.34 Å². The van der Waals surface area contributed by atoms with Crippen LogP contribution < -0.4 is 0 Å². The summed E-state index contributed by atoms with van der Waals surface area (Å²) in [5, 5.41) is 9.95. The Morgan fingerprint density at radius 2 is 2.09 bits per heavy atom. The smallest absolute Gasteiger partial charge is 0.386 e. The van der Waals surface area contributed by atoms with Gasteiger partial charge >= 0.3 is 12.1 Å². The Balaban J connectivity index is 1.81. The number of aliphatic hydroxyl groups excluding tert-OH is 1. The van der Waals surface area contributed by atoms with Gasteiger partial charge in [-0.1, -0.05) is 11.6 Å². The predicted molar refractivity (Wildman–Crippen MR) is 73.8 cm³/mol. The minimum atomic E-state index is -4.86. The van der Waals surface area contributed by atoms with Gasteiger partial charge in [0.25, 0.3) is 0 Å². The van der Waals surface area contributed by atoms with Gasteiger partial charge in [-0.15, -0.1) is 11.3 Å². The molecule has 22 heavy (non-hydrogen) atoms. The highest BCUT2D eigenvalue weighted by atomic mass is 35.5. The molecule has 0 aliphatic carbocycles. The standard InChI is InChI=1S/C13H13ClF3NO3S/c14-9-5-7-8(19)6-21-12(10(7)22-9)1-3-18(4-2-12)11(20)13(15,16)17/h5,8,19H,1-4,6H2. The molecule has 0 saturated carbocycles. The minimum Gasteiger partial charge on any atom is -0.386 e. The number of hydrogen-bond acceptors (Lipinski definition) is 4. The molecular formula is C13H13ClF3NO3S. The van der Waals surface area contributed by atoms with Crippen LogP contribution >= 0.6 is 22.9 Å². The van der Waals surface area contributed by atoms with Gasteiger partial charge in [0.1, 0.15) is 11.7 Å². The highest BCUT2D eigenvalue weighted by Crippen LogP contribution is 2.49. The quantitative estimate of drug-likeness (QED) is 0.778. The number of aliphatic hydroxyl groups is 1. The number of halogens is 4. The highest BCUT2D eigenvalue weighted by Gasteiger charge is 2.49. The number of piperidine rings is 1. The van der Waals surface area contributed by atoms with Gasteiger partial charge in [0.2, 0.25) is 0 Å². The zero-order valence-corrected chi connectivity index (χ0v) is 12.9. The fraction of sp³-hybridized carbons (Fsp3) is 0.615. The number of carbonyl (C=O) groups excluding carboxylic acids is 1. The maximum absolute atomic E-state index is 12.5. The molecule has 1 fully saturated rings.